The van der Waals surface area contributed by atoms with Gasteiger partial charge in [-0.1, -0.05) is 60.7 Å². The molecule has 0 bridgehead atoms. The van der Waals surface area contributed by atoms with E-state index in [1.165, 1.54) is 6.07 Å². The molecule has 22 heavy (non-hydrogen) atoms. The molecule has 0 aliphatic heterocycles. The molecule has 0 unspecified atom stereocenters. The van der Waals surface area contributed by atoms with Gasteiger partial charge in [-0.15, -0.1) is 0 Å². The van der Waals surface area contributed by atoms with Crippen LogP contribution >= 0.6 is 7.92 Å². The van der Waals surface area contributed by atoms with E-state index in [4.69, 9.17) is 8.97 Å². The third kappa shape index (κ3) is 3.12. The summed E-state index contributed by atoms with van der Waals surface area (Å²) in [5, 5.41) is 1.65. The van der Waals surface area contributed by atoms with Gasteiger partial charge < -0.3 is 4.42 Å². The van der Waals surface area contributed by atoms with E-state index in [0.29, 0.717) is 5.50 Å². The second-order valence-corrected chi connectivity index (χ2v) is 8.07. The van der Waals surface area contributed by atoms with E-state index in [-0.39, 0.29) is 0 Å². The maximum absolute atomic E-state index is 11.2. The first kappa shape index (κ1) is 15.0. The van der Waals surface area contributed by atoms with Crippen molar-refractivity contribution in [1.82, 2.24) is 0 Å². The third-order valence-electron chi connectivity index (χ3n) is 3.07. The molecule has 0 aliphatic rings. The van der Waals surface area contributed by atoms with Gasteiger partial charge in [0.05, 0.1) is 0 Å². The van der Waals surface area contributed by atoms with Crippen LogP contribution in [0.3, 0.4) is 0 Å². The first-order valence-corrected chi connectivity index (χ1v) is 9.31. The molecule has 2 aromatic carbocycles. The van der Waals surface area contributed by atoms with Crippen molar-refractivity contribution in [2.45, 2.75) is 5.09 Å². The summed E-state index contributed by atoms with van der Waals surface area (Å²) in [6.07, 6.45) is 0. The van der Waals surface area contributed by atoms with Crippen molar-refractivity contribution in [1.29, 1.82) is 0 Å². The summed E-state index contributed by atoms with van der Waals surface area (Å²) >= 11 is 0. The van der Waals surface area contributed by atoms with Gasteiger partial charge >= 0.3 is 10.1 Å². The number of benzene rings is 2. The van der Waals surface area contributed by atoms with Gasteiger partial charge in [0, 0.05) is 7.92 Å². The molecule has 0 spiro atoms. The van der Waals surface area contributed by atoms with E-state index in [0.717, 1.165) is 10.6 Å². The van der Waals surface area contributed by atoms with Crippen LogP contribution < -0.4 is 16.1 Å². The van der Waals surface area contributed by atoms with Gasteiger partial charge in [-0.05, 0) is 22.7 Å². The molecule has 6 heteroatoms. The zero-order valence-corrected chi connectivity index (χ0v) is 13.2. The lowest BCUT2D eigenvalue weighted by atomic mass is 10.4. The maximum Gasteiger partial charge on any atom is 0.328 e. The van der Waals surface area contributed by atoms with E-state index >= 15 is 0 Å². The molecule has 0 fully saturated rings. The Labute approximate surface area is 129 Å². The van der Waals surface area contributed by atoms with Crippen LogP contribution in [0.25, 0.3) is 0 Å². The standard InChI is InChI=1S/C16H13O4PS/c17-22(18,19)16-12-11-15(20-16)21(13-7-3-1-4-8-13)14-9-5-2-6-10-14/h1-12H,(H,17,18,19). The van der Waals surface area contributed by atoms with Crippen LogP contribution in [0.2, 0.25) is 0 Å². The molecule has 4 nitrogen and oxygen atoms in total. The van der Waals surface area contributed by atoms with Crippen molar-refractivity contribution in [3.63, 3.8) is 0 Å². The second-order valence-electron chi connectivity index (χ2n) is 4.57. The van der Waals surface area contributed by atoms with Crippen molar-refractivity contribution in [2.75, 3.05) is 0 Å². The Hall–Kier alpha value is -1.94. The lowest BCUT2D eigenvalue weighted by Crippen LogP contribution is -2.19. The zero-order valence-electron chi connectivity index (χ0n) is 11.5. The van der Waals surface area contributed by atoms with Gasteiger partial charge in [0.2, 0.25) is 5.09 Å². The van der Waals surface area contributed by atoms with E-state index in [9.17, 15) is 8.42 Å². The van der Waals surface area contributed by atoms with Crippen molar-refractivity contribution in [2.24, 2.45) is 0 Å². The van der Waals surface area contributed by atoms with Crippen LogP contribution in [-0.4, -0.2) is 13.0 Å². The first-order chi connectivity index (χ1) is 10.6. The molecule has 0 radical (unpaired) electrons. The Balaban J connectivity index is 2.13. The minimum absolute atomic E-state index is 0.429. The summed E-state index contributed by atoms with van der Waals surface area (Å²) in [5.74, 6) is 0. The van der Waals surface area contributed by atoms with Crippen LogP contribution in [-0.2, 0) is 10.1 Å². The molecule has 0 aliphatic carbocycles. The Bertz CT molecular complexity index is 818. The average Bonchev–Trinajstić information content (AvgIpc) is 2.99. The van der Waals surface area contributed by atoms with E-state index in [2.05, 4.69) is 0 Å². The largest absolute Gasteiger partial charge is 0.442 e. The fourth-order valence-electron chi connectivity index (χ4n) is 2.13. The predicted octanol–water partition coefficient (Wildman–Crippen LogP) is 2.28. The van der Waals surface area contributed by atoms with Crippen molar-refractivity contribution in [3.8, 4) is 0 Å². The molecule has 0 atom stereocenters. The quantitative estimate of drug-likeness (QED) is 0.588. The van der Waals surface area contributed by atoms with Crippen LogP contribution in [0.15, 0.2) is 82.3 Å². The highest BCUT2D eigenvalue weighted by Gasteiger charge is 2.23. The molecule has 0 saturated heterocycles. The van der Waals surface area contributed by atoms with Crippen molar-refractivity contribution in [3.05, 3.63) is 72.8 Å². The number of furan rings is 1. The predicted molar refractivity (Wildman–Crippen MR) is 87.2 cm³/mol. The van der Waals surface area contributed by atoms with Crippen LogP contribution in [0.5, 0.6) is 0 Å². The summed E-state index contributed by atoms with van der Waals surface area (Å²) in [7, 11) is -5.35. The highest BCUT2D eigenvalue weighted by Crippen LogP contribution is 2.33. The van der Waals surface area contributed by atoms with E-state index < -0.39 is 23.1 Å². The molecule has 1 N–H and O–H groups in total. The smallest absolute Gasteiger partial charge is 0.328 e. The number of hydrogen-bond acceptors (Lipinski definition) is 3. The monoisotopic (exact) mass is 332 g/mol. The maximum atomic E-state index is 11.2. The van der Waals surface area contributed by atoms with Gasteiger partial charge in [-0.3, -0.25) is 4.55 Å². The lowest BCUT2D eigenvalue weighted by Gasteiger charge is -2.15. The van der Waals surface area contributed by atoms with Gasteiger partial charge in [0.25, 0.3) is 0 Å². The fourth-order valence-corrected chi connectivity index (χ4v) is 4.78. The summed E-state index contributed by atoms with van der Waals surface area (Å²) in [4.78, 5) is 0. The minimum Gasteiger partial charge on any atom is -0.442 e. The topological polar surface area (TPSA) is 67.5 Å². The molecule has 1 heterocycles. The van der Waals surface area contributed by atoms with Crippen LogP contribution in [0.4, 0.5) is 0 Å². The van der Waals surface area contributed by atoms with Crippen LogP contribution in [0, 0.1) is 0 Å². The van der Waals surface area contributed by atoms with Crippen molar-refractivity contribution >= 4 is 34.2 Å². The number of hydrogen-bond donors (Lipinski definition) is 1. The normalized spacial score (nSPS) is 11.7. The minimum atomic E-state index is -4.34. The molecule has 0 amide bonds. The Kier molecular flexibility index (Phi) is 4.12. The van der Waals surface area contributed by atoms with E-state index in [1.807, 2.05) is 60.7 Å². The fraction of sp³-hybridized carbons (Fsp3) is 0. The summed E-state index contributed by atoms with van der Waals surface area (Å²) < 4.78 is 36.9. The third-order valence-corrected chi connectivity index (χ3v) is 6.11. The molecule has 112 valence electrons. The Morgan fingerprint density at radius 2 is 1.27 bits per heavy atom. The Morgan fingerprint density at radius 3 is 1.68 bits per heavy atom. The molecular formula is C16H13O4PS. The SMILES string of the molecule is O=S(=O)(O)c1ccc(P(c2ccccc2)c2ccccc2)o1. The van der Waals surface area contributed by atoms with Gasteiger partial charge in [-0.25, -0.2) is 0 Å². The highest BCUT2D eigenvalue weighted by molar-refractivity contribution is 7.85. The molecular weight excluding hydrogens is 319 g/mol. The molecule has 3 aromatic rings. The lowest BCUT2D eigenvalue weighted by molar-refractivity contribution is 0.420. The molecule has 1 aromatic heterocycles. The van der Waals surface area contributed by atoms with E-state index in [1.54, 1.807) is 6.07 Å². The summed E-state index contributed by atoms with van der Waals surface area (Å²) in [6.45, 7) is 0. The first-order valence-electron chi connectivity index (χ1n) is 6.53. The highest BCUT2D eigenvalue weighted by atomic mass is 32.2. The molecule has 0 saturated carbocycles. The molecule has 3 rings (SSSR count). The Morgan fingerprint density at radius 1 is 0.773 bits per heavy atom. The van der Waals surface area contributed by atoms with Gasteiger partial charge in [0.15, 0.2) is 0 Å². The van der Waals surface area contributed by atoms with Crippen LogP contribution in [0.1, 0.15) is 0 Å². The summed E-state index contributed by atoms with van der Waals surface area (Å²) in [6, 6.07) is 22.4. The second kappa shape index (κ2) is 6.05. The van der Waals surface area contributed by atoms with Gasteiger partial charge in [0.1, 0.15) is 5.50 Å². The zero-order chi connectivity index (χ0) is 15.6. The van der Waals surface area contributed by atoms with Gasteiger partial charge in [-0.2, -0.15) is 8.42 Å². The number of rotatable bonds is 4. The average molecular weight is 332 g/mol. The van der Waals surface area contributed by atoms with Crippen molar-refractivity contribution < 1.29 is 17.4 Å². The summed E-state index contributed by atoms with van der Waals surface area (Å²) in [5.41, 5.74) is 0.528.